The lowest BCUT2D eigenvalue weighted by Crippen LogP contribution is -2.68. The Morgan fingerprint density at radius 2 is 1.29 bits per heavy atom. The number of aliphatic hydroxyl groups is 6. The van der Waals surface area contributed by atoms with Crippen molar-refractivity contribution in [2.75, 3.05) is 13.2 Å². The van der Waals surface area contributed by atoms with E-state index < -0.39 is 92.2 Å². The van der Waals surface area contributed by atoms with E-state index in [2.05, 4.69) is 0 Å². The third kappa shape index (κ3) is 4.87. The minimum atomic E-state index is -1.51. The fourth-order valence-corrected chi connectivity index (χ4v) is 4.16. The molecule has 0 spiro atoms. The van der Waals surface area contributed by atoms with Gasteiger partial charge in [0, 0.05) is 18.6 Å². The van der Waals surface area contributed by atoms with Gasteiger partial charge in [0.1, 0.15) is 48.8 Å². The molecule has 14 N–H and O–H groups in total. The molecule has 0 aromatic carbocycles. The lowest BCUT2D eigenvalue weighted by atomic mass is 9.84. The largest absolute Gasteiger partial charge is 0.394 e. The van der Waals surface area contributed by atoms with Crippen LogP contribution in [0.25, 0.3) is 0 Å². The molecule has 14 heteroatoms. The molecule has 3 aliphatic rings. The van der Waals surface area contributed by atoms with Crippen LogP contribution in [0.5, 0.6) is 0 Å². The number of nitrogens with two attached hydrogens (primary N) is 4. The number of hydrogen-bond donors (Lipinski definition) is 10. The maximum atomic E-state index is 10.6. The molecule has 31 heavy (non-hydrogen) atoms. The molecule has 14 nitrogen and oxygen atoms in total. The first kappa shape index (κ1) is 25.1. The second-order valence-electron chi connectivity index (χ2n) is 8.30. The summed E-state index contributed by atoms with van der Waals surface area (Å²) in [4.78, 5) is 0. The van der Waals surface area contributed by atoms with E-state index in [0.717, 1.165) is 0 Å². The van der Waals surface area contributed by atoms with Crippen molar-refractivity contribution in [2.24, 2.45) is 22.9 Å². The van der Waals surface area contributed by atoms with Gasteiger partial charge in [0.25, 0.3) is 0 Å². The SMILES string of the molecule is NC[C@H]1O[C@H](O[C@H]2[C@H](O[C@H]3O[C@H](CO)[C@@H](O)[C@H]3O)[C@@H](O)[C@H](N)C[C@@H]2N)[C@H](N)[C@@H](O)[C@@H]1O. The molecule has 182 valence electrons. The van der Waals surface area contributed by atoms with Crippen molar-refractivity contribution in [1.29, 1.82) is 0 Å². The zero-order valence-electron chi connectivity index (χ0n) is 16.8. The number of rotatable bonds is 6. The van der Waals surface area contributed by atoms with Crippen molar-refractivity contribution in [3.63, 3.8) is 0 Å². The first-order chi connectivity index (χ1) is 14.6. The molecule has 0 amide bonds. The van der Waals surface area contributed by atoms with Crippen LogP contribution in [0.15, 0.2) is 0 Å². The Labute approximate surface area is 178 Å². The quantitative estimate of drug-likeness (QED) is 0.179. The summed E-state index contributed by atoms with van der Waals surface area (Å²) in [5.74, 6) is 0. The van der Waals surface area contributed by atoms with E-state index in [-0.39, 0.29) is 13.0 Å². The molecule has 2 saturated heterocycles. The summed E-state index contributed by atoms with van der Waals surface area (Å²) in [5.41, 5.74) is 23.6. The second-order valence-corrected chi connectivity index (χ2v) is 8.30. The van der Waals surface area contributed by atoms with Crippen molar-refractivity contribution in [3.05, 3.63) is 0 Å². The highest BCUT2D eigenvalue weighted by Gasteiger charge is 2.52. The molecule has 2 heterocycles. The summed E-state index contributed by atoms with van der Waals surface area (Å²) in [6.45, 7) is -0.673. The Balaban J connectivity index is 1.78. The molecule has 2 aliphatic heterocycles. The Kier molecular flexibility index (Phi) is 8.21. The van der Waals surface area contributed by atoms with Crippen LogP contribution in [0.3, 0.4) is 0 Å². The van der Waals surface area contributed by atoms with Crippen molar-refractivity contribution < 1.29 is 49.6 Å². The summed E-state index contributed by atoms with van der Waals surface area (Å²) < 4.78 is 22.5. The molecule has 3 rings (SSSR count). The van der Waals surface area contributed by atoms with Crippen LogP contribution in [0.1, 0.15) is 6.42 Å². The fraction of sp³-hybridized carbons (Fsp3) is 1.00. The molecule has 0 bridgehead atoms. The zero-order valence-corrected chi connectivity index (χ0v) is 16.8. The van der Waals surface area contributed by atoms with Crippen molar-refractivity contribution in [2.45, 2.75) is 92.1 Å². The van der Waals surface area contributed by atoms with Crippen LogP contribution in [0.2, 0.25) is 0 Å². The maximum Gasteiger partial charge on any atom is 0.187 e. The Morgan fingerprint density at radius 1 is 0.710 bits per heavy atom. The third-order valence-electron chi connectivity index (χ3n) is 6.13. The molecule has 3 fully saturated rings. The summed E-state index contributed by atoms with van der Waals surface area (Å²) in [6.07, 6.45) is -13.8. The van der Waals surface area contributed by atoms with Crippen molar-refractivity contribution >= 4 is 0 Å². The molecule has 1 aliphatic carbocycles. The molecule has 0 radical (unpaired) electrons. The van der Waals surface area contributed by atoms with E-state index in [4.69, 9.17) is 41.9 Å². The number of ether oxygens (including phenoxy) is 4. The van der Waals surface area contributed by atoms with Gasteiger partial charge in [-0.1, -0.05) is 0 Å². The normalized spacial score (nSPS) is 53.6. The van der Waals surface area contributed by atoms with Gasteiger partial charge in [-0.05, 0) is 6.42 Å². The van der Waals surface area contributed by atoms with Gasteiger partial charge >= 0.3 is 0 Å². The van der Waals surface area contributed by atoms with Crippen LogP contribution in [0.4, 0.5) is 0 Å². The van der Waals surface area contributed by atoms with Gasteiger partial charge in [-0.2, -0.15) is 0 Å². The van der Waals surface area contributed by atoms with Gasteiger partial charge < -0.3 is 72.5 Å². The van der Waals surface area contributed by atoms with E-state index in [1.165, 1.54) is 0 Å². The van der Waals surface area contributed by atoms with Crippen LogP contribution in [-0.2, 0) is 18.9 Å². The second kappa shape index (κ2) is 10.1. The van der Waals surface area contributed by atoms with E-state index in [1.54, 1.807) is 0 Å². The standard InChI is InChI=1S/C17H34N4O10/c18-2-6-10(24)12(26)8(21)16(28-6)30-14-5(20)1-4(19)9(23)15(14)31-17-13(27)11(25)7(3-22)29-17/h4-17,22-27H,1-3,18-21H2/t4-,5+,6-,7-,8-,9+,10-,11-,12-,13-,14-,15-,16-,17-/m1/s1. The monoisotopic (exact) mass is 454 g/mol. The minimum Gasteiger partial charge on any atom is -0.394 e. The topological polar surface area (TPSA) is 262 Å². The zero-order chi connectivity index (χ0) is 23.0. The van der Waals surface area contributed by atoms with Gasteiger partial charge in [-0.3, -0.25) is 0 Å². The smallest absolute Gasteiger partial charge is 0.187 e. The summed E-state index contributed by atoms with van der Waals surface area (Å²) in [5, 5.41) is 60.2. The minimum absolute atomic E-state index is 0.114. The molecular weight excluding hydrogens is 420 g/mol. The molecule has 0 aromatic rings. The molecular formula is C17H34N4O10. The van der Waals surface area contributed by atoms with Crippen LogP contribution >= 0.6 is 0 Å². The lowest BCUT2D eigenvalue weighted by molar-refractivity contribution is -0.306. The highest BCUT2D eigenvalue weighted by molar-refractivity contribution is 5.01. The van der Waals surface area contributed by atoms with E-state index in [1.807, 2.05) is 0 Å². The van der Waals surface area contributed by atoms with E-state index in [0.29, 0.717) is 0 Å². The molecule has 0 unspecified atom stereocenters. The first-order valence-corrected chi connectivity index (χ1v) is 10.2. The van der Waals surface area contributed by atoms with E-state index >= 15 is 0 Å². The predicted octanol–water partition coefficient (Wildman–Crippen LogP) is -6.65. The highest BCUT2D eigenvalue weighted by Crippen LogP contribution is 2.31. The van der Waals surface area contributed by atoms with E-state index in [9.17, 15) is 30.6 Å². The Morgan fingerprint density at radius 3 is 1.87 bits per heavy atom. The summed E-state index contributed by atoms with van der Waals surface area (Å²) in [7, 11) is 0. The Hall–Kier alpha value is -0.560. The van der Waals surface area contributed by atoms with Crippen LogP contribution in [-0.4, -0.2) is 129 Å². The molecule has 14 atom stereocenters. The fourth-order valence-electron chi connectivity index (χ4n) is 4.16. The van der Waals surface area contributed by atoms with Crippen molar-refractivity contribution in [3.8, 4) is 0 Å². The van der Waals surface area contributed by atoms with Gasteiger partial charge in [0.2, 0.25) is 0 Å². The van der Waals surface area contributed by atoms with Crippen LogP contribution in [0, 0.1) is 0 Å². The van der Waals surface area contributed by atoms with Gasteiger partial charge in [0.05, 0.1) is 18.8 Å². The van der Waals surface area contributed by atoms with Gasteiger partial charge in [0.15, 0.2) is 12.6 Å². The molecule has 0 aromatic heterocycles. The Bertz CT molecular complexity index is 591. The summed E-state index contributed by atoms with van der Waals surface area (Å²) >= 11 is 0. The lowest BCUT2D eigenvalue weighted by Gasteiger charge is -2.47. The van der Waals surface area contributed by atoms with Gasteiger partial charge in [-0.15, -0.1) is 0 Å². The number of aliphatic hydroxyl groups excluding tert-OH is 6. The third-order valence-corrected chi connectivity index (χ3v) is 6.13. The average molecular weight is 454 g/mol. The highest BCUT2D eigenvalue weighted by atomic mass is 16.7. The maximum absolute atomic E-state index is 10.6. The predicted molar refractivity (Wildman–Crippen MR) is 102 cm³/mol. The van der Waals surface area contributed by atoms with Crippen LogP contribution < -0.4 is 22.9 Å². The summed E-state index contributed by atoms with van der Waals surface area (Å²) in [6, 6.07) is -2.72. The average Bonchev–Trinajstić information content (AvgIpc) is 3.02. The van der Waals surface area contributed by atoms with Crippen molar-refractivity contribution in [1.82, 2.24) is 0 Å². The first-order valence-electron chi connectivity index (χ1n) is 10.2. The molecule has 1 saturated carbocycles. The van der Waals surface area contributed by atoms with Gasteiger partial charge in [-0.25, -0.2) is 0 Å². The number of hydrogen-bond acceptors (Lipinski definition) is 14.